The number of esters is 1. The third-order valence-corrected chi connectivity index (χ3v) is 7.02. The summed E-state index contributed by atoms with van der Waals surface area (Å²) in [7, 11) is 1.31. The molecule has 8 nitrogen and oxygen atoms in total. The molecule has 1 aliphatic rings. The lowest BCUT2D eigenvalue weighted by Gasteiger charge is -2.22. The van der Waals surface area contributed by atoms with Crippen LogP contribution in [0.2, 0.25) is 0 Å². The molecule has 1 aromatic heterocycles. The van der Waals surface area contributed by atoms with Gasteiger partial charge < -0.3 is 15.0 Å². The third-order valence-electron chi connectivity index (χ3n) is 6.05. The van der Waals surface area contributed by atoms with E-state index < -0.39 is 5.97 Å². The molecule has 0 spiro atoms. The number of carbonyl (C=O) groups excluding carboxylic acids is 2. The van der Waals surface area contributed by atoms with Gasteiger partial charge in [0, 0.05) is 31.0 Å². The van der Waals surface area contributed by atoms with Crippen molar-refractivity contribution in [3.8, 4) is 0 Å². The van der Waals surface area contributed by atoms with Crippen molar-refractivity contribution in [3.05, 3.63) is 58.9 Å². The Hall–Kier alpha value is -3.33. The number of carbonyl (C=O) groups is 2. The largest absolute Gasteiger partial charge is 0.469 e. The molecule has 1 saturated heterocycles. The van der Waals surface area contributed by atoms with Crippen LogP contribution in [0.1, 0.15) is 32.1 Å². The van der Waals surface area contributed by atoms with E-state index in [4.69, 9.17) is 4.74 Å². The Bertz CT molecular complexity index is 1230. The fourth-order valence-corrected chi connectivity index (χ4v) is 5.00. The molecule has 0 atom stereocenters. The van der Waals surface area contributed by atoms with Gasteiger partial charge in [-0.05, 0) is 49.2 Å². The van der Waals surface area contributed by atoms with Crippen LogP contribution in [0.25, 0.3) is 10.9 Å². The normalized spacial score (nSPS) is 13.9. The van der Waals surface area contributed by atoms with E-state index in [1.807, 2.05) is 30.3 Å². The minimum absolute atomic E-state index is 0.0412. The van der Waals surface area contributed by atoms with E-state index in [0.717, 1.165) is 18.8 Å². The Morgan fingerprint density at radius 3 is 2.46 bits per heavy atom. The van der Waals surface area contributed by atoms with Gasteiger partial charge in [-0.15, -0.1) is 0 Å². The summed E-state index contributed by atoms with van der Waals surface area (Å²) in [6, 6.07) is 15.0. The highest BCUT2D eigenvalue weighted by molar-refractivity contribution is 7.99. The maximum atomic E-state index is 13.0. The van der Waals surface area contributed by atoms with Gasteiger partial charge in [-0.3, -0.25) is 19.0 Å². The standard InChI is InChI=1S/C26H30N4O4S/c1-34-24(32)14-17-30-25(33)21-8-4-5-9-22(21)28-26(30)35-18-23(31)27-19-10-12-20(13-11-19)29-15-6-2-3-7-16-29/h4-5,8-13H,2-3,6-7,14-18H2,1H3,(H,27,31). The first-order valence-electron chi connectivity index (χ1n) is 11.9. The number of anilines is 2. The average Bonchev–Trinajstić information content (AvgIpc) is 3.17. The average molecular weight is 495 g/mol. The highest BCUT2D eigenvalue weighted by Crippen LogP contribution is 2.23. The number of rotatable bonds is 8. The Morgan fingerprint density at radius 2 is 1.74 bits per heavy atom. The Labute approximate surface area is 208 Å². The molecule has 1 aliphatic heterocycles. The topological polar surface area (TPSA) is 93.5 Å². The molecule has 184 valence electrons. The highest BCUT2D eigenvalue weighted by Gasteiger charge is 2.15. The van der Waals surface area contributed by atoms with Gasteiger partial charge in [0.15, 0.2) is 5.16 Å². The molecular formula is C26H30N4O4S. The second-order valence-electron chi connectivity index (χ2n) is 8.48. The summed E-state index contributed by atoms with van der Waals surface area (Å²) in [5.74, 6) is -0.529. The molecule has 3 aromatic rings. The fourth-order valence-electron chi connectivity index (χ4n) is 4.17. The molecule has 0 bridgehead atoms. The minimum atomic E-state index is -0.414. The summed E-state index contributed by atoms with van der Waals surface area (Å²) in [5, 5.41) is 3.78. The van der Waals surface area contributed by atoms with Crippen molar-refractivity contribution in [2.24, 2.45) is 0 Å². The van der Waals surface area contributed by atoms with Crippen molar-refractivity contribution in [2.45, 2.75) is 43.8 Å². The molecular weight excluding hydrogens is 464 g/mol. The Morgan fingerprint density at radius 1 is 1.03 bits per heavy atom. The fraction of sp³-hybridized carbons (Fsp3) is 0.385. The van der Waals surface area contributed by atoms with Crippen molar-refractivity contribution in [3.63, 3.8) is 0 Å². The van der Waals surface area contributed by atoms with E-state index in [1.54, 1.807) is 18.2 Å². The first-order chi connectivity index (χ1) is 17.0. The zero-order valence-electron chi connectivity index (χ0n) is 19.9. The van der Waals surface area contributed by atoms with Crippen LogP contribution in [0.15, 0.2) is 58.5 Å². The molecule has 35 heavy (non-hydrogen) atoms. The van der Waals surface area contributed by atoms with Crippen molar-refractivity contribution in [1.82, 2.24) is 9.55 Å². The number of fused-ring (bicyclic) bond motifs is 1. The van der Waals surface area contributed by atoms with Crippen LogP contribution >= 0.6 is 11.8 Å². The maximum absolute atomic E-state index is 13.0. The SMILES string of the molecule is COC(=O)CCn1c(SCC(=O)Nc2ccc(N3CCCCCC3)cc2)nc2ccccc2c1=O. The van der Waals surface area contributed by atoms with Crippen LogP contribution in [-0.4, -0.2) is 47.4 Å². The van der Waals surface area contributed by atoms with Gasteiger partial charge in [-0.2, -0.15) is 0 Å². The van der Waals surface area contributed by atoms with E-state index in [2.05, 4.69) is 15.2 Å². The number of aromatic nitrogens is 2. The van der Waals surface area contributed by atoms with E-state index in [9.17, 15) is 14.4 Å². The number of para-hydroxylation sites is 1. The van der Waals surface area contributed by atoms with E-state index in [1.165, 1.54) is 54.8 Å². The number of hydrogen-bond donors (Lipinski definition) is 1. The maximum Gasteiger partial charge on any atom is 0.307 e. The lowest BCUT2D eigenvalue weighted by atomic mass is 10.2. The predicted molar refractivity (Wildman–Crippen MR) is 139 cm³/mol. The van der Waals surface area contributed by atoms with Crippen molar-refractivity contribution < 1.29 is 14.3 Å². The number of nitrogens with one attached hydrogen (secondary N) is 1. The molecule has 0 radical (unpaired) electrons. The number of ether oxygens (including phenoxy) is 1. The first-order valence-corrected chi connectivity index (χ1v) is 12.9. The quantitative estimate of drug-likeness (QED) is 0.287. The summed E-state index contributed by atoms with van der Waals surface area (Å²) >= 11 is 1.17. The lowest BCUT2D eigenvalue weighted by molar-refractivity contribution is -0.140. The highest BCUT2D eigenvalue weighted by atomic mass is 32.2. The van der Waals surface area contributed by atoms with Crippen molar-refractivity contribution in [1.29, 1.82) is 0 Å². The lowest BCUT2D eigenvalue weighted by Crippen LogP contribution is -2.25. The van der Waals surface area contributed by atoms with Gasteiger partial charge in [-0.1, -0.05) is 36.7 Å². The third kappa shape index (κ3) is 6.42. The number of methoxy groups -OCH3 is 1. The van der Waals surface area contributed by atoms with Crippen LogP contribution < -0.4 is 15.8 Å². The van der Waals surface area contributed by atoms with Crippen LogP contribution in [0.4, 0.5) is 11.4 Å². The van der Waals surface area contributed by atoms with Gasteiger partial charge >= 0.3 is 5.97 Å². The molecule has 1 amide bonds. The zero-order valence-corrected chi connectivity index (χ0v) is 20.7. The van der Waals surface area contributed by atoms with Gasteiger partial charge in [0.25, 0.3) is 5.56 Å². The van der Waals surface area contributed by atoms with Crippen molar-refractivity contribution in [2.75, 3.05) is 36.2 Å². The summed E-state index contributed by atoms with van der Waals surface area (Å²) in [6.07, 6.45) is 5.03. The Balaban J connectivity index is 1.43. The van der Waals surface area contributed by atoms with Gasteiger partial charge in [0.05, 0.1) is 30.2 Å². The molecule has 0 unspecified atom stereocenters. The summed E-state index contributed by atoms with van der Waals surface area (Å²) < 4.78 is 6.15. The summed E-state index contributed by atoms with van der Waals surface area (Å²) in [4.78, 5) is 44.3. The van der Waals surface area contributed by atoms with Gasteiger partial charge in [0.2, 0.25) is 5.91 Å². The smallest absolute Gasteiger partial charge is 0.307 e. The number of nitrogens with zero attached hydrogens (tertiary/aromatic N) is 3. The molecule has 0 aliphatic carbocycles. The van der Waals surface area contributed by atoms with Crippen molar-refractivity contribution >= 4 is 45.9 Å². The molecule has 1 fully saturated rings. The number of hydrogen-bond acceptors (Lipinski definition) is 7. The summed E-state index contributed by atoms with van der Waals surface area (Å²) in [5.41, 5.74) is 2.21. The number of benzene rings is 2. The molecule has 4 rings (SSSR count). The van der Waals surface area contributed by atoms with E-state index in [0.29, 0.717) is 16.1 Å². The van der Waals surface area contributed by atoms with Crippen LogP contribution in [0.5, 0.6) is 0 Å². The predicted octanol–water partition coefficient (Wildman–Crippen LogP) is 4.07. The number of amides is 1. The first kappa shape index (κ1) is 24.8. The van der Waals surface area contributed by atoms with Gasteiger partial charge in [0.1, 0.15) is 0 Å². The van der Waals surface area contributed by atoms with Crippen LogP contribution in [0, 0.1) is 0 Å². The second kappa shape index (κ2) is 11.9. The van der Waals surface area contributed by atoms with Crippen LogP contribution in [0.3, 0.4) is 0 Å². The molecule has 0 saturated carbocycles. The minimum Gasteiger partial charge on any atom is -0.469 e. The molecule has 1 N–H and O–H groups in total. The monoisotopic (exact) mass is 494 g/mol. The molecule has 2 heterocycles. The Kier molecular flexibility index (Phi) is 8.41. The van der Waals surface area contributed by atoms with E-state index >= 15 is 0 Å². The van der Waals surface area contributed by atoms with E-state index in [-0.39, 0.29) is 30.2 Å². The molecule has 2 aromatic carbocycles. The number of thioether (sulfide) groups is 1. The summed E-state index contributed by atoms with van der Waals surface area (Å²) in [6.45, 7) is 2.27. The molecule has 9 heteroatoms. The second-order valence-corrected chi connectivity index (χ2v) is 9.42. The van der Waals surface area contributed by atoms with Crippen LogP contribution in [-0.2, 0) is 20.9 Å². The van der Waals surface area contributed by atoms with Gasteiger partial charge in [-0.25, -0.2) is 4.98 Å². The zero-order chi connectivity index (χ0) is 24.6.